The largest absolute Gasteiger partial charge is 0.380 e. The molecule has 1 saturated heterocycles. The maximum Gasteiger partial charge on any atom is 0.278 e. The lowest BCUT2D eigenvalue weighted by atomic mass is 10.1. The first kappa shape index (κ1) is 18.5. The molecule has 1 aromatic carbocycles. The molecule has 2 heterocycles. The maximum atomic E-state index is 12.2. The van der Waals surface area contributed by atoms with E-state index in [1.165, 1.54) is 6.07 Å². The van der Waals surface area contributed by atoms with Gasteiger partial charge in [0.2, 0.25) is 10.0 Å². The van der Waals surface area contributed by atoms with Crippen molar-refractivity contribution >= 4 is 32.3 Å². The van der Waals surface area contributed by atoms with Gasteiger partial charge in [0.05, 0.1) is 21.7 Å². The van der Waals surface area contributed by atoms with Crippen LogP contribution in [-0.2, 0) is 10.0 Å². The summed E-state index contributed by atoms with van der Waals surface area (Å²) >= 11 is 0. The van der Waals surface area contributed by atoms with Crippen LogP contribution in [0.2, 0.25) is 0 Å². The molecule has 0 amide bonds. The highest BCUT2D eigenvalue weighted by molar-refractivity contribution is 7.89. The molecule has 0 saturated carbocycles. The summed E-state index contributed by atoms with van der Waals surface area (Å²) < 4.78 is 25.9. The third kappa shape index (κ3) is 3.78. The van der Waals surface area contributed by atoms with Crippen LogP contribution >= 0.6 is 0 Å². The lowest BCUT2D eigenvalue weighted by molar-refractivity contribution is -0.383. The molecule has 3 rings (SSSR count). The average molecular weight is 378 g/mol. The Bertz CT molecular complexity index is 908. The number of pyridine rings is 1. The second-order valence-electron chi connectivity index (χ2n) is 6.42. The number of aromatic nitrogens is 1. The van der Waals surface area contributed by atoms with Crippen molar-refractivity contribution in [2.45, 2.75) is 32.2 Å². The molecule has 26 heavy (non-hydrogen) atoms. The van der Waals surface area contributed by atoms with Gasteiger partial charge in [-0.05, 0) is 37.5 Å². The zero-order valence-corrected chi connectivity index (χ0v) is 15.4. The molecule has 1 N–H and O–H groups in total. The number of rotatable bonds is 6. The fourth-order valence-electron chi connectivity index (χ4n) is 3.32. The van der Waals surface area contributed by atoms with Gasteiger partial charge in [-0.15, -0.1) is 0 Å². The minimum atomic E-state index is -3.16. The number of nitro groups is 1. The number of benzene rings is 1. The van der Waals surface area contributed by atoms with Crippen LogP contribution in [0.5, 0.6) is 0 Å². The first-order valence-electron chi connectivity index (χ1n) is 8.69. The van der Waals surface area contributed by atoms with Gasteiger partial charge in [-0.25, -0.2) is 12.7 Å². The molecule has 140 valence electrons. The Balaban J connectivity index is 1.75. The molecule has 0 atom stereocenters. The zero-order valence-electron chi connectivity index (χ0n) is 14.6. The van der Waals surface area contributed by atoms with Gasteiger partial charge >= 0.3 is 0 Å². The molecule has 1 aromatic heterocycles. The Labute approximate surface area is 152 Å². The fraction of sp³-hybridized carbons (Fsp3) is 0.471. The third-order valence-corrected chi connectivity index (χ3v) is 6.69. The van der Waals surface area contributed by atoms with E-state index in [0.717, 1.165) is 5.69 Å². The Kier molecular flexibility index (Phi) is 5.38. The standard InChI is InChI=1S/C17H22N4O4S/c1-2-12-26(24,25)20-10-7-13(8-11-20)19-15-5-6-16(21(22)23)14-4-3-9-18-17(14)15/h3-6,9,13,19H,2,7-8,10-12H2,1H3. The van der Waals surface area contributed by atoms with E-state index >= 15 is 0 Å². The SMILES string of the molecule is CCCS(=O)(=O)N1CCC(Nc2ccc([N+](=O)[O-])c3cccnc23)CC1. The number of hydrogen-bond donors (Lipinski definition) is 1. The van der Waals surface area contributed by atoms with Crippen LogP contribution in [0.25, 0.3) is 10.9 Å². The van der Waals surface area contributed by atoms with Crippen molar-refractivity contribution in [2.24, 2.45) is 0 Å². The zero-order chi connectivity index (χ0) is 18.7. The van der Waals surface area contributed by atoms with Crippen molar-refractivity contribution in [3.8, 4) is 0 Å². The number of non-ortho nitro benzene ring substituents is 1. The lowest BCUT2D eigenvalue weighted by Crippen LogP contribution is -2.43. The summed E-state index contributed by atoms with van der Waals surface area (Å²) in [5, 5.41) is 15.1. The number of anilines is 1. The quantitative estimate of drug-likeness (QED) is 0.612. The number of sulfonamides is 1. The number of piperidine rings is 1. The lowest BCUT2D eigenvalue weighted by Gasteiger charge is -2.32. The average Bonchev–Trinajstić information content (AvgIpc) is 2.62. The van der Waals surface area contributed by atoms with E-state index in [1.54, 1.807) is 28.7 Å². The molecule has 1 aliphatic heterocycles. The summed E-state index contributed by atoms with van der Waals surface area (Å²) in [4.78, 5) is 15.1. The molecule has 0 unspecified atom stereocenters. The summed E-state index contributed by atoms with van der Waals surface area (Å²) in [5.41, 5.74) is 1.32. The highest BCUT2D eigenvalue weighted by Crippen LogP contribution is 2.31. The molecule has 2 aromatic rings. The normalized spacial score (nSPS) is 16.7. The molecular formula is C17H22N4O4S. The van der Waals surface area contributed by atoms with Crippen LogP contribution in [0.15, 0.2) is 30.5 Å². The number of nitrogens with one attached hydrogen (secondary N) is 1. The third-order valence-electron chi connectivity index (χ3n) is 4.61. The van der Waals surface area contributed by atoms with Gasteiger partial charge in [0.1, 0.15) is 5.52 Å². The Morgan fingerprint density at radius 3 is 2.69 bits per heavy atom. The molecule has 0 radical (unpaired) electrons. The van der Waals surface area contributed by atoms with E-state index in [0.29, 0.717) is 43.3 Å². The van der Waals surface area contributed by atoms with Crippen molar-refractivity contribution in [1.82, 2.24) is 9.29 Å². The predicted octanol–water partition coefficient (Wildman–Crippen LogP) is 2.76. The minimum Gasteiger partial charge on any atom is -0.380 e. The van der Waals surface area contributed by atoms with Crippen LogP contribution in [0.3, 0.4) is 0 Å². The van der Waals surface area contributed by atoms with Gasteiger partial charge in [-0.2, -0.15) is 0 Å². The van der Waals surface area contributed by atoms with Crippen molar-refractivity contribution in [2.75, 3.05) is 24.2 Å². The molecule has 0 aliphatic carbocycles. The molecule has 9 heteroatoms. The summed E-state index contributed by atoms with van der Waals surface area (Å²) in [6.07, 6.45) is 3.60. The van der Waals surface area contributed by atoms with Gasteiger partial charge in [-0.3, -0.25) is 15.1 Å². The maximum absolute atomic E-state index is 12.2. The first-order chi connectivity index (χ1) is 12.4. The van der Waals surface area contributed by atoms with Gasteiger partial charge in [0, 0.05) is 31.4 Å². The van der Waals surface area contributed by atoms with Crippen LogP contribution in [0.4, 0.5) is 11.4 Å². The molecule has 0 bridgehead atoms. The number of nitro benzene ring substituents is 1. The Morgan fingerprint density at radius 1 is 1.31 bits per heavy atom. The van der Waals surface area contributed by atoms with E-state index in [2.05, 4.69) is 10.3 Å². The minimum absolute atomic E-state index is 0.0270. The van der Waals surface area contributed by atoms with Gasteiger partial charge < -0.3 is 5.32 Å². The van der Waals surface area contributed by atoms with E-state index in [4.69, 9.17) is 0 Å². The second-order valence-corrected chi connectivity index (χ2v) is 8.51. The Morgan fingerprint density at radius 2 is 2.04 bits per heavy atom. The smallest absolute Gasteiger partial charge is 0.278 e. The number of hydrogen-bond acceptors (Lipinski definition) is 6. The van der Waals surface area contributed by atoms with E-state index in [1.807, 2.05) is 6.92 Å². The second kappa shape index (κ2) is 7.55. The van der Waals surface area contributed by atoms with E-state index in [9.17, 15) is 18.5 Å². The molecule has 1 aliphatic rings. The van der Waals surface area contributed by atoms with Crippen LogP contribution in [0, 0.1) is 10.1 Å². The van der Waals surface area contributed by atoms with Crippen molar-refractivity contribution in [3.05, 3.63) is 40.6 Å². The monoisotopic (exact) mass is 378 g/mol. The molecule has 8 nitrogen and oxygen atoms in total. The van der Waals surface area contributed by atoms with Gasteiger partial charge in [-0.1, -0.05) is 6.92 Å². The topological polar surface area (TPSA) is 105 Å². The Hall–Kier alpha value is -2.26. The number of fused-ring (bicyclic) bond motifs is 1. The van der Waals surface area contributed by atoms with Crippen LogP contribution in [0.1, 0.15) is 26.2 Å². The molecule has 0 spiro atoms. The van der Waals surface area contributed by atoms with Crippen LogP contribution in [-0.4, -0.2) is 47.5 Å². The van der Waals surface area contributed by atoms with Gasteiger partial charge in [0.25, 0.3) is 5.69 Å². The summed E-state index contributed by atoms with van der Waals surface area (Å²) in [6.45, 7) is 2.83. The predicted molar refractivity (Wildman–Crippen MR) is 101 cm³/mol. The summed E-state index contributed by atoms with van der Waals surface area (Å²) in [7, 11) is -3.16. The van der Waals surface area contributed by atoms with Crippen molar-refractivity contribution < 1.29 is 13.3 Å². The fourth-order valence-corrected chi connectivity index (χ4v) is 4.86. The first-order valence-corrected chi connectivity index (χ1v) is 10.3. The van der Waals surface area contributed by atoms with E-state index in [-0.39, 0.29) is 17.5 Å². The number of nitrogens with zero attached hydrogens (tertiary/aromatic N) is 3. The summed E-state index contributed by atoms with van der Waals surface area (Å²) in [5.74, 6) is 0.183. The van der Waals surface area contributed by atoms with Gasteiger partial charge in [0.15, 0.2) is 0 Å². The molecule has 1 fully saturated rings. The van der Waals surface area contributed by atoms with Crippen LogP contribution < -0.4 is 5.32 Å². The van der Waals surface area contributed by atoms with Crippen molar-refractivity contribution in [1.29, 1.82) is 0 Å². The van der Waals surface area contributed by atoms with E-state index < -0.39 is 14.9 Å². The highest BCUT2D eigenvalue weighted by atomic mass is 32.2. The molecular weight excluding hydrogens is 356 g/mol. The summed E-state index contributed by atoms with van der Waals surface area (Å²) in [6, 6.07) is 6.62. The highest BCUT2D eigenvalue weighted by Gasteiger charge is 2.27. The van der Waals surface area contributed by atoms with Crippen molar-refractivity contribution in [3.63, 3.8) is 0 Å².